The molecular weight excluding hydrogens is 371 g/mol. The van der Waals surface area contributed by atoms with E-state index in [1.165, 1.54) is 0 Å². The zero-order valence-corrected chi connectivity index (χ0v) is 16.4. The Morgan fingerprint density at radius 2 is 2.10 bits per heavy atom. The Morgan fingerprint density at radius 1 is 1.31 bits per heavy atom. The number of nitrogens with two attached hydrogens (primary N) is 1. The van der Waals surface area contributed by atoms with Gasteiger partial charge in [0.05, 0.1) is 17.2 Å². The van der Waals surface area contributed by atoms with Crippen LogP contribution in [0.25, 0.3) is 10.9 Å². The highest BCUT2D eigenvalue weighted by molar-refractivity contribution is 6.05. The van der Waals surface area contributed by atoms with Gasteiger partial charge in [-0.2, -0.15) is 0 Å². The van der Waals surface area contributed by atoms with Crippen LogP contribution in [0.3, 0.4) is 0 Å². The number of fused-ring (bicyclic) bond motifs is 2. The molecule has 0 bridgehead atoms. The zero-order valence-electron chi connectivity index (χ0n) is 16.4. The third-order valence-corrected chi connectivity index (χ3v) is 6.98. The summed E-state index contributed by atoms with van der Waals surface area (Å²) in [6, 6.07) is 9.28. The molecule has 1 aromatic carbocycles. The number of alkyl halides is 1. The minimum Gasteiger partial charge on any atom is -0.381 e. The van der Waals surface area contributed by atoms with Crippen LogP contribution in [0.5, 0.6) is 0 Å². The molecule has 1 saturated carbocycles. The molecule has 1 aliphatic carbocycles. The lowest BCUT2D eigenvalue weighted by atomic mass is 9.99. The average molecular weight is 398 g/mol. The second-order valence-electron chi connectivity index (χ2n) is 8.59. The van der Waals surface area contributed by atoms with E-state index in [1.54, 1.807) is 12.3 Å². The monoisotopic (exact) mass is 398 g/mol. The number of hydrogen-bond donors (Lipinski definition) is 2. The molecule has 3 N–H and O–H groups in total. The van der Waals surface area contributed by atoms with E-state index in [2.05, 4.69) is 15.2 Å². The Bertz CT molecular complexity index is 913. The summed E-state index contributed by atoms with van der Waals surface area (Å²) in [7, 11) is 0. The summed E-state index contributed by atoms with van der Waals surface area (Å²) in [5, 5.41) is 3.83. The maximum atomic E-state index is 15.5. The zero-order chi connectivity index (χ0) is 20.0. The fourth-order valence-corrected chi connectivity index (χ4v) is 5.21. The summed E-state index contributed by atoms with van der Waals surface area (Å²) in [6.07, 6.45) is 3.13. The SMILES string of the molecule is NC1N(CC2CCOCC2)CC2C(CNC(=O)c3cccc4cccnc34)C21F. The van der Waals surface area contributed by atoms with Crippen molar-refractivity contribution in [1.82, 2.24) is 15.2 Å². The van der Waals surface area contributed by atoms with Crippen LogP contribution >= 0.6 is 0 Å². The van der Waals surface area contributed by atoms with E-state index in [4.69, 9.17) is 10.5 Å². The van der Waals surface area contributed by atoms with Gasteiger partial charge in [0.1, 0.15) is 5.67 Å². The molecule has 1 amide bonds. The topological polar surface area (TPSA) is 80.5 Å². The van der Waals surface area contributed by atoms with Gasteiger partial charge in [-0.05, 0) is 30.9 Å². The molecule has 0 radical (unpaired) electrons. The van der Waals surface area contributed by atoms with E-state index in [-0.39, 0.29) is 17.7 Å². The first-order valence-electron chi connectivity index (χ1n) is 10.5. The number of ether oxygens (including phenoxy) is 1. The Morgan fingerprint density at radius 3 is 2.86 bits per heavy atom. The van der Waals surface area contributed by atoms with E-state index in [9.17, 15) is 4.79 Å². The van der Waals surface area contributed by atoms with Crippen molar-refractivity contribution in [3.05, 3.63) is 42.1 Å². The number of aromatic nitrogens is 1. The first-order valence-corrected chi connectivity index (χ1v) is 10.5. The molecule has 3 heterocycles. The number of hydrogen-bond acceptors (Lipinski definition) is 5. The van der Waals surface area contributed by atoms with Gasteiger partial charge < -0.3 is 15.8 Å². The van der Waals surface area contributed by atoms with Gasteiger partial charge in [-0.1, -0.05) is 18.2 Å². The summed E-state index contributed by atoms with van der Waals surface area (Å²) in [6.45, 7) is 3.39. The fraction of sp³-hybridized carbons (Fsp3) is 0.545. The van der Waals surface area contributed by atoms with Crippen molar-refractivity contribution in [2.75, 3.05) is 32.8 Å². The minimum atomic E-state index is -1.39. The highest BCUT2D eigenvalue weighted by atomic mass is 19.1. The number of benzene rings is 1. The lowest BCUT2D eigenvalue weighted by Crippen LogP contribution is -2.50. The fourth-order valence-electron chi connectivity index (χ4n) is 5.21. The first kappa shape index (κ1) is 18.9. The summed E-state index contributed by atoms with van der Waals surface area (Å²) in [5.41, 5.74) is 6.09. The first-order chi connectivity index (χ1) is 14.1. The van der Waals surface area contributed by atoms with E-state index in [0.29, 0.717) is 30.1 Å². The number of carbonyl (C=O) groups excluding carboxylic acids is 1. The van der Waals surface area contributed by atoms with E-state index < -0.39 is 11.8 Å². The molecule has 3 aliphatic rings. The van der Waals surface area contributed by atoms with Crippen LogP contribution in [0.1, 0.15) is 23.2 Å². The Balaban J connectivity index is 1.19. The minimum absolute atomic E-state index is 0.0942. The maximum Gasteiger partial charge on any atom is 0.253 e. The molecule has 4 unspecified atom stereocenters. The Hall–Kier alpha value is -2.09. The van der Waals surface area contributed by atoms with Crippen LogP contribution in [0.4, 0.5) is 4.39 Å². The molecule has 1 aromatic heterocycles. The van der Waals surface area contributed by atoms with Gasteiger partial charge >= 0.3 is 0 Å². The summed E-state index contributed by atoms with van der Waals surface area (Å²) in [5.74, 6) is 0.0158. The molecule has 6 nitrogen and oxygen atoms in total. The summed E-state index contributed by atoms with van der Waals surface area (Å²) < 4.78 is 20.9. The predicted molar refractivity (Wildman–Crippen MR) is 108 cm³/mol. The van der Waals surface area contributed by atoms with Crippen molar-refractivity contribution in [1.29, 1.82) is 0 Å². The average Bonchev–Trinajstić information content (AvgIpc) is 3.24. The van der Waals surface area contributed by atoms with Crippen LogP contribution in [0, 0.1) is 17.8 Å². The normalized spacial score (nSPS) is 32.3. The smallest absolute Gasteiger partial charge is 0.253 e. The number of amides is 1. The Kier molecular flexibility index (Phi) is 4.76. The highest BCUT2D eigenvalue weighted by Crippen LogP contribution is 2.60. The molecule has 5 rings (SSSR count). The predicted octanol–water partition coefficient (Wildman–Crippen LogP) is 1.95. The molecule has 154 valence electrons. The van der Waals surface area contributed by atoms with Crippen LogP contribution < -0.4 is 11.1 Å². The molecule has 3 fully saturated rings. The third-order valence-electron chi connectivity index (χ3n) is 6.98. The third kappa shape index (κ3) is 3.21. The van der Waals surface area contributed by atoms with Crippen molar-refractivity contribution in [2.24, 2.45) is 23.5 Å². The number of piperidine rings is 1. The van der Waals surface area contributed by atoms with Crippen molar-refractivity contribution in [3.63, 3.8) is 0 Å². The van der Waals surface area contributed by atoms with Crippen molar-refractivity contribution in [3.8, 4) is 0 Å². The van der Waals surface area contributed by atoms with Gasteiger partial charge in [0.2, 0.25) is 0 Å². The van der Waals surface area contributed by atoms with E-state index >= 15 is 4.39 Å². The molecule has 2 saturated heterocycles. The van der Waals surface area contributed by atoms with Crippen LogP contribution in [0.15, 0.2) is 36.5 Å². The number of carbonyl (C=O) groups is 1. The second-order valence-corrected chi connectivity index (χ2v) is 8.59. The van der Waals surface area contributed by atoms with Crippen molar-refractivity contribution in [2.45, 2.75) is 24.7 Å². The number of nitrogens with zero attached hydrogens (tertiary/aromatic N) is 2. The largest absolute Gasteiger partial charge is 0.381 e. The lowest BCUT2D eigenvalue weighted by molar-refractivity contribution is 0.0403. The molecule has 29 heavy (non-hydrogen) atoms. The molecule has 2 aliphatic heterocycles. The number of likely N-dealkylation sites (tertiary alicyclic amines) is 1. The number of pyridine rings is 1. The number of nitrogens with one attached hydrogen (secondary N) is 1. The molecule has 2 aromatic rings. The quantitative estimate of drug-likeness (QED) is 0.805. The summed E-state index contributed by atoms with van der Waals surface area (Å²) >= 11 is 0. The number of para-hydroxylation sites is 1. The van der Waals surface area contributed by atoms with Gasteiger partial charge in [-0.25, -0.2) is 4.39 Å². The molecule has 4 atom stereocenters. The van der Waals surface area contributed by atoms with Crippen molar-refractivity contribution < 1.29 is 13.9 Å². The van der Waals surface area contributed by atoms with Gasteiger partial charge in [0, 0.05) is 56.3 Å². The molecule has 7 heteroatoms. The van der Waals surface area contributed by atoms with Crippen LogP contribution in [-0.4, -0.2) is 60.5 Å². The standard InChI is InChI=1S/C22H27FN4O2/c23-22-17(18(22)13-27(21(22)24)12-14-6-9-29-10-7-14)11-26-20(28)16-5-1-3-15-4-2-8-25-19(15)16/h1-5,8,14,17-18,21H,6-7,9-13,24H2,(H,26,28). The maximum absolute atomic E-state index is 15.5. The van der Waals surface area contributed by atoms with Gasteiger partial charge in [0.25, 0.3) is 5.91 Å². The number of halogens is 1. The van der Waals surface area contributed by atoms with Gasteiger partial charge in [-0.15, -0.1) is 0 Å². The molecular formula is C22H27FN4O2. The summed E-state index contributed by atoms with van der Waals surface area (Å²) in [4.78, 5) is 19.1. The van der Waals surface area contributed by atoms with E-state index in [0.717, 1.165) is 38.0 Å². The van der Waals surface area contributed by atoms with Gasteiger partial charge in [0.15, 0.2) is 0 Å². The second kappa shape index (κ2) is 7.31. The Labute approximate surface area is 169 Å². The van der Waals surface area contributed by atoms with Crippen molar-refractivity contribution >= 4 is 16.8 Å². The van der Waals surface area contributed by atoms with Crippen LogP contribution in [-0.2, 0) is 4.74 Å². The van der Waals surface area contributed by atoms with E-state index in [1.807, 2.05) is 24.3 Å². The highest BCUT2D eigenvalue weighted by Gasteiger charge is 2.74. The van der Waals surface area contributed by atoms with Gasteiger partial charge in [-0.3, -0.25) is 14.7 Å². The van der Waals surface area contributed by atoms with Crippen LogP contribution in [0.2, 0.25) is 0 Å². The lowest BCUT2D eigenvalue weighted by Gasteiger charge is -2.32. The molecule has 0 spiro atoms. The number of rotatable bonds is 5.